The first-order valence-electron chi connectivity index (χ1n) is 4.98. The second-order valence-corrected chi connectivity index (χ2v) is 4.43. The number of nitrogens with zero attached hydrogens (tertiary/aromatic N) is 3. The standard InChI is InChI=1S/C11H13BrN4/c1-8-3-9(4-15-11(8)12)14-6-10-5-13-7-16(10)2/h3-5,7,14H,6H2,1-2H3. The fourth-order valence-corrected chi connectivity index (χ4v) is 1.62. The molecule has 0 aliphatic heterocycles. The molecule has 2 rings (SSSR count). The maximum Gasteiger partial charge on any atom is 0.109 e. The highest BCUT2D eigenvalue weighted by Crippen LogP contribution is 2.17. The van der Waals surface area contributed by atoms with E-state index < -0.39 is 0 Å². The van der Waals surface area contributed by atoms with Gasteiger partial charge in [0.05, 0.1) is 30.5 Å². The molecule has 2 aromatic heterocycles. The number of hydrogen-bond donors (Lipinski definition) is 1. The van der Waals surface area contributed by atoms with E-state index in [1.807, 2.05) is 30.9 Å². The molecule has 0 unspecified atom stereocenters. The van der Waals surface area contributed by atoms with Gasteiger partial charge in [0.25, 0.3) is 0 Å². The van der Waals surface area contributed by atoms with Crippen LogP contribution in [0, 0.1) is 6.92 Å². The summed E-state index contributed by atoms with van der Waals surface area (Å²) in [4.78, 5) is 8.30. The number of pyridine rings is 1. The summed E-state index contributed by atoms with van der Waals surface area (Å²) in [5.41, 5.74) is 3.28. The average molecular weight is 281 g/mol. The zero-order valence-electron chi connectivity index (χ0n) is 9.24. The molecule has 0 aliphatic carbocycles. The molecule has 84 valence electrons. The molecular weight excluding hydrogens is 268 g/mol. The smallest absolute Gasteiger partial charge is 0.109 e. The summed E-state index contributed by atoms with van der Waals surface area (Å²) in [6, 6.07) is 2.06. The SMILES string of the molecule is Cc1cc(NCc2cncn2C)cnc1Br. The number of aryl methyl sites for hydroxylation is 2. The third-order valence-electron chi connectivity index (χ3n) is 2.40. The Balaban J connectivity index is 2.05. The van der Waals surface area contributed by atoms with Crippen molar-refractivity contribution in [3.63, 3.8) is 0 Å². The molecule has 5 heteroatoms. The average Bonchev–Trinajstić information content (AvgIpc) is 2.66. The third-order valence-corrected chi connectivity index (χ3v) is 3.23. The van der Waals surface area contributed by atoms with Gasteiger partial charge in [0.1, 0.15) is 4.60 Å². The highest BCUT2D eigenvalue weighted by Gasteiger charge is 2.00. The molecule has 0 aliphatic rings. The first-order chi connectivity index (χ1) is 7.66. The number of hydrogen-bond acceptors (Lipinski definition) is 3. The van der Waals surface area contributed by atoms with Gasteiger partial charge in [0.15, 0.2) is 0 Å². The predicted octanol–water partition coefficient (Wildman–Crippen LogP) is 2.50. The van der Waals surface area contributed by atoms with Crippen molar-refractivity contribution in [2.75, 3.05) is 5.32 Å². The molecular formula is C11H13BrN4. The minimum Gasteiger partial charge on any atom is -0.378 e. The molecule has 0 aromatic carbocycles. The van der Waals surface area contributed by atoms with E-state index in [-0.39, 0.29) is 0 Å². The van der Waals surface area contributed by atoms with E-state index in [2.05, 4.69) is 37.3 Å². The van der Waals surface area contributed by atoms with Crippen LogP contribution in [-0.4, -0.2) is 14.5 Å². The van der Waals surface area contributed by atoms with Crippen LogP contribution in [0.1, 0.15) is 11.3 Å². The number of nitrogens with one attached hydrogen (secondary N) is 1. The molecule has 0 saturated heterocycles. The van der Waals surface area contributed by atoms with Crippen LogP contribution in [0.3, 0.4) is 0 Å². The Hall–Kier alpha value is -1.36. The van der Waals surface area contributed by atoms with Crippen LogP contribution < -0.4 is 5.32 Å². The maximum absolute atomic E-state index is 4.23. The van der Waals surface area contributed by atoms with E-state index >= 15 is 0 Å². The molecule has 0 radical (unpaired) electrons. The largest absolute Gasteiger partial charge is 0.378 e. The number of rotatable bonds is 3. The Kier molecular flexibility index (Phi) is 3.24. The van der Waals surface area contributed by atoms with Crippen molar-refractivity contribution in [1.82, 2.24) is 14.5 Å². The summed E-state index contributed by atoms with van der Waals surface area (Å²) in [5.74, 6) is 0. The van der Waals surface area contributed by atoms with E-state index in [0.717, 1.165) is 28.1 Å². The van der Waals surface area contributed by atoms with Gasteiger partial charge >= 0.3 is 0 Å². The van der Waals surface area contributed by atoms with Gasteiger partial charge < -0.3 is 9.88 Å². The highest BCUT2D eigenvalue weighted by molar-refractivity contribution is 9.10. The monoisotopic (exact) mass is 280 g/mol. The summed E-state index contributed by atoms with van der Waals surface area (Å²) >= 11 is 3.38. The molecule has 4 nitrogen and oxygen atoms in total. The lowest BCUT2D eigenvalue weighted by atomic mass is 10.3. The fourth-order valence-electron chi connectivity index (χ4n) is 1.40. The minimum atomic E-state index is 0.749. The number of halogens is 1. The zero-order valence-corrected chi connectivity index (χ0v) is 10.8. The Morgan fingerprint density at radius 2 is 2.25 bits per heavy atom. The second-order valence-electron chi connectivity index (χ2n) is 3.68. The third kappa shape index (κ3) is 2.41. The van der Waals surface area contributed by atoms with Crippen LogP contribution in [0.5, 0.6) is 0 Å². The number of aromatic nitrogens is 3. The summed E-state index contributed by atoms with van der Waals surface area (Å²) in [6.45, 7) is 2.77. The summed E-state index contributed by atoms with van der Waals surface area (Å²) in [6.07, 6.45) is 5.46. The van der Waals surface area contributed by atoms with Crippen LogP contribution in [0.4, 0.5) is 5.69 Å². The predicted molar refractivity (Wildman–Crippen MR) is 67.2 cm³/mol. The molecule has 2 heterocycles. The Morgan fingerprint density at radius 1 is 1.44 bits per heavy atom. The van der Waals surface area contributed by atoms with Crippen molar-refractivity contribution in [1.29, 1.82) is 0 Å². The van der Waals surface area contributed by atoms with Crippen LogP contribution in [0.2, 0.25) is 0 Å². The van der Waals surface area contributed by atoms with E-state index in [1.54, 1.807) is 6.33 Å². The quantitative estimate of drug-likeness (QED) is 0.879. The highest BCUT2D eigenvalue weighted by atomic mass is 79.9. The molecule has 0 amide bonds. The van der Waals surface area contributed by atoms with E-state index in [0.29, 0.717) is 0 Å². The van der Waals surface area contributed by atoms with Gasteiger partial charge in [-0.2, -0.15) is 0 Å². The summed E-state index contributed by atoms with van der Waals surface area (Å²) in [7, 11) is 1.98. The first-order valence-corrected chi connectivity index (χ1v) is 5.77. The van der Waals surface area contributed by atoms with Crippen molar-refractivity contribution in [3.05, 3.63) is 40.6 Å². The van der Waals surface area contributed by atoms with Gasteiger partial charge in [-0.05, 0) is 34.5 Å². The van der Waals surface area contributed by atoms with E-state index in [1.165, 1.54) is 0 Å². The minimum absolute atomic E-state index is 0.749. The molecule has 16 heavy (non-hydrogen) atoms. The maximum atomic E-state index is 4.23. The molecule has 0 saturated carbocycles. The van der Waals surface area contributed by atoms with Crippen molar-refractivity contribution in [3.8, 4) is 0 Å². The van der Waals surface area contributed by atoms with Crippen molar-refractivity contribution >= 4 is 21.6 Å². The lowest BCUT2D eigenvalue weighted by molar-refractivity contribution is 0.837. The van der Waals surface area contributed by atoms with Gasteiger partial charge in [-0.15, -0.1) is 0 Å². The van der Waals surface area contributed by atoms with Crippen LogP contribution in [-0.2, 0) is 13.6 Å². The normalized spacial score (nSPS) is 10.4. The molecule has 1 N–H and O–H groups in total. The van der Waals surface area contributed by atoms with Gasteiger partial charge in [0, 0.05) is 13.2 Å². The van der Waals surface area contributed by atoms with E-state index in [4.69, 9.17) is 0 Å². The molecule has 0 fully saturated rings. The molecule has 2 aromatic rings. The summed E-state index contributed by atoms with van der Waals surface area (Å²) < 4.78 is 2.88. The van der Waals surface area contributed by atoms with Gasteiger partial charge in [-0.1, -0.05) is 0 Å². The molecule has 0 atom stereocenters. The van der Waals surface area contributed by atoms with Crippen molar-refractivity contribution < 1.29 is 0 Å². The van der Waals surface area contributed by atoms with Gasteiger partial charge in [-0.3, -0.25) is 0 Å². The Labute approximate surface area is 103 Å². The number of imidazole rings is 1. The second kappa shape index (κ2) is 4.65. The molecule has 0 bridgehead atoms. The lowest BCUT2D eigenvalue weighted by Crippen LogP contribution is -2.04. The summed E-state index contributed by atoms with van der Waals surface area (Å²) in [5, 5.41) is 3.31. The Morgan fingerprint density at radius 3 is 2.88 bits per heavy atom. The topological polar surface area (TPSA) is 42.7 Å². The lowest BCUT2D eigenvalue weighted by Gasteiger charge is -2.07. The van der Waals surface area contributed by atoms with Crippen LogP contribution in [0.15, 0.2) is 29.4 Å². The van der Waals surface area contributed by atoms with Crippen molar-refractivity contribution in [2.24, 2.45) is 7.05 Å². The zero-order chi connectivity index (χ0) is 11.5. The van der Waals surface area contributed by atoms with E-state index in [9.17, 15) is 0 Å². The molecule has 0 spiro atoms. The van der Waals surface area contributed by atoms with Crippen LogP contribution in [0.25, 0.3) is 0 Å². The fraction of sp³-hybridized carbons (Fsp3) is 0.273. The number of anilines is 1. The first kappa shape index (κ1) is 11.1. The van der Waals surface area contributed by atoms with Gasteiger partial charge in [0.2, 0.25) is 0 Å². The van der Waals surface area contributed by atoms with Crippen molar-refractivity contribution in [2.45, 2.75) is 13.5 Å². The Bertz CT molecular complexity index is 492. The van der Waals surface area contributed by atoms with Crippen LogP contribution >= 0.6 is 15.9 Å². The van der Waals surface area contributed by atoms with Gasteiger partial charge in [-0.25, -0.2) is 9.97 Å².